The van der Waals surface area contributed by atoms with E-state index < -0.39 is 0 Å². The Hall–Kier alpha value is -0.610. The maximum absolute atomic E-state index is 12.0. The Morgan fingerprint density at radius 3 is 2.68 bits per heavy atom. The van der Waals surface area contributed by atoms with E-state index in [0.29, 0.717) is 18.6 Å². The molecule has 2 unspecified atom stereocenters. The molecular weight excluding hydrogens is 238 g/mol. The quantitative estimate of drug-likeness (QED) is 0.804. The molecule has 19 heavy (non-hydrogen) atoms. The fourth-order valence-corrected chi connectivity index (χ4v) is 4.00. The predicted octanol–water partition coefficient (Wildman–Crippen LogP) is 1.26. The highest BCUT2D eigenvalue weighted by atomic mass is 16.2. The average Bonchev–Trinajstić information content (AvgIpc) is 3.07. The van der Waals surface area contributed by atoms with Gasteiger partial charge in [-0.05, 0) is 45.1 Å². The molecule has 2 saturated heterocycles. The van der Waals surface area contributed by atoms with Crippen LogP contribution in [0.2, 0.25) is 0 Å². The second kappa shape index (κ2) is 6.23. The van der Waals surface area contributed by atoms with Gasteiger partial charge >= 0.3 is 0 Å². The highest BCUT2D eigenvalue weighted by molar-refractivity contribution is 5.78. The molecule has 0 aromatic heterocycles. The fraction of sp³-hybridized carbons (Fsp3) is 0.933. The number of fused-ring (bicyclic) bond motifs is 1. The minimum atomic E-state index is 0.198. The molecule has 3 fully saturated rings. The Kier molecular flexibility index (Phi) is 4.38. The molecule has 0 aromatic rings. The van der Waals surface area contributed by atoms with Crippen LogP contribution in [-0.2, 0) is 4.79 Å². The monoisotopic (exact) mass is 265 g/mol. The highest BCUT2D eigenvalue weighted by Gasteiger charge is 2.32. The van der Waals surface area contributed by atoms with Gasteiger partial charge in [0.2, 0.25) is 5.91 Å². The van der Waals surface area contributed by atoms with Crippen LogP contribution in [0, 0.1) is 0 Å². The van der Waals surface area contributed by atoms with E-state index in [-0.39, 0.29) is 5.91 Å². The molecule has 108 valence electrons. The minimum absolute atomic E-state index is 0.198. The van der Waals surface area contributed by atoms with Crippen molar-refractivity contribution in [1.82, 2.24) is 15.5 Å². The van der Waals surface area contributed by atoms with E-state index in [4.69, 9.17) is 0 Å². The molecule has 0 bridgehead atoms. The van der Waals surface area contributed by atoms with Crippen molar-refractivity contribution in [3.05, 3.63) is 0 Å². The van der Waals surface area contributed by atoms with Gasteiger partial charge in [-0.1, -0.05) is 12.8 Å². The molecule has 3 aliphatic rings. The molecule has 0 aromatic carbocycles. The Morgan fingerprint density at radius 1 is 1.00 bits per heavy atom. The van der Waals surface area contributed by atoms with Gasteiger partial charge in [0.1, 0.15) is 0 Å². The summed E-state index contributed by atoms with van der Waals surface area (Å²) in [4.78, 5) is 14.6. The number of hydrogen-bond acceptors (Lipinski definition) is 3. The molecule has 2 N–H and O–H groups in total. The van der Waals surface area contributed by atoms with Crippen molar-refractivity contribution in [2.75, 3.05) is 19.6 Å². The number of hydrogen-bond donors (Lipinski definition) is 2. The van der Waals surface area contributed by atoms with Gasteiger partial charge in [0.05, 0.1) is 6.54 Å². The van der Waals surface area contributed by atoms with E-state index >= 15 is 0 Å². The molecule has 2 heterocycles. The van der Waals surface area contributed by atoms with Crippen LogP contribution in [0.1, 0.15) is 51.4 Å². The van der Waals surface area contributed by atoms with Gasteiger partial charge in [-0.3, -0.25) is 4.79 Å². The summed E-state index contributed by atoms with van der Waals surface area (Å²) < 4.78 is 0. The molecule has 0 radical (unpaired) electrons. The zero-order chi connectivity index (χ0) is 13.1. The Balaban J connectivity index is 1.37. The summed E-state index contributed by atoms with van der Waals surface area (Å²) in [6, 6.07) is 1.74. The largest absolute Gasteiger partial charge is 0.352 e. The number of rotatable bonds is 4. The molecule has 1 saturated carbocycles. The van der Waals surface area contributed by atoms with Crippen molar-refractivity contribution in [3.63, 3.8) is 0 Å². The van der Waals surface area contributed by atoms with Crippen molar-refractivity contribution >= 4 is 5.91 Å². The Bertz CT molecular complexity index is 315. The van der Waals surface area contributed by atoms with Crippen LogP contribution in [0.15, 0.2) is 0 Å². The minimum Gasteiger partial charge on any atom is -0.352 e. The molecule has 4 heteroatoms. The van der Waals surface area contributed by atoms with Gasteiger partial charge < -0.3 is 15.5 Å². The number of nitrogens with one attached hydrogen (secondary N) is 2. The Labute approximate surface area is 116 Å². The van der Waals surface area contributed by atoms with Gasteiger partial charge in [-0.25, -0.2) is 0 Å². The van der Waals surface area contributed by atoms with Crippen molar-refractivity contribution in [2.45, 2.75) is 69.5 Å². The average molecular weight is 265 g/mol. The standard InChI is InChI=1S/C15H27N3O/c19-15(11-16-12-4-1-2-5-12)17-13-7-9-18-8-3-6-14(18)10-13/h12-14,16H,1-11H2,(H,17,19). The summed E-state index contributed by atoms with van der Waals surface area (Å²) >= 11 is 0. The molecule has 0 spiro atoms. The first-order valence-corrected chi connectivity index (χ1v) is 8.08. The van der Waals surface area contributed by atoms with Crippen molar-refractivity contribution in [2.24, 2.45) is 0 Å². The van der Waals surface area contributed by atoms with Gasteiger partial charge in [-0.2, -0.15) is 0 Å². The molecule has 1 amide bonds. The lowest BCUT2D eigenvalue weighted by Crippen LogP contribution is -2.49. The van der Waals surface area contributed by atoms with Gasteiger partial charge in [0, 0.05) is 24.7 Å². The maximum atomic E-state index is 12.0. The van der Waals surface area contributed by atoms with Crippen molar-refractivity contribution in [1.29, 1.82) is 0 Å². The number of piperidine rings is 1. The summed E-state index contributed by atoms with van der Waals surface area (Å²) in [7, 11) is 0. The number of carbonyl (C=O) groups excluding carboxylic acids is 1. The van der Waals surface area contributed by atoms with Crippen LogP contribution in [0.3, 0.4) is 0 Å². The van der Waals surface area contributed by atoms with Crippen LogP contribution in [0.4, 0.5) is 0 Å². The molecule has 3 rings (SSSR count). The zero-order valence-electron chi connectivity index (χ0n) is 11.9. The molecule has 1 aliphatic carbocycles. The third-order valence-corrected chi connectivity index (χ3v) is 5.09. The van der Waals surface area contributed by atoms with Gasteiger partial charge in [0.25, 0.3) is 0 Å². The number of nitrogens with zero attached hydrogens (tertiary/aromatic N) is 1. The first kappa shape index (κ1) is 13.4. The molecular formula is C15H27N3O. The second-order valence-electron chi connectivity index (χ2n) is 6.48. The number of amides is 1. The highest BCUT2D eigenvalue weighted by Crippen LogP contribution is 2.26. The summed E-state index contributed by atoms with van der Waals surface area (Å²) in [6.07, 6.45) is 10.1. The molecule has 4 nitrogen and oxygen atoms in total. The SMILES string of the molecule is O=C(CNC1CCCC1)NC1CCN2CCCC2C1. The van der Waals surface area contributed by atoms with Crippen LogP contribution in [-0.4, -0.2) is 48.6 Å². The van der Waals surface area contributed by atoms with Gasteiger partial charge in [0.15, 0.2) is 0 Å². The van der Waals surface area contributed by atoms with E-state index in [1.54, 1.807) is 0 Å². The topological polar surface area (TPSA) is 44.4 Å². The van der Waals surface area contributed by atoms with E-state index in [0.717, 1.165) is 18.9 Å². The normalized spacial score (nSPS) is 32.4. The smallest absolute Gasteiger partial charge is 0.234 e. The van der Waals surface area contributed by atoms with Crippen molar-refractivity contribution in [3.8, 4) is 0 Å². The van der Waals surface area contributed by atoms with Crippen LogP contribution in [0.25, 0.3) is 0 Å². The Morgan fingerprint density at radius 2 is 1.84 bits per heavy atom. The third-order valence-electron chi connectivity index (χ3n) is 5.09. The maximum Gasteiger partial charge on any atom is 0.234 e. The summed E-state index contributed by atoms with van der Waals surface area (Å²) in [6.45, 7) is 2.95. The van der Waals surface area contributed by atoms with Crippen molar-refractivity contribution < 1.29 is 4.79 Å². The first-order valence-electron chi connectivity index (χ1n) is 8.08. The first-order chi connectivity index (χ1) is 9.31. The van der Waals surface area contributed by atoms with E-state index in [2.05, 4.69) is 15.5 Å². The molecule has 2 aliphatic heterocycles. The lowest BCUT2D eigenvalue weighted by atomic mass is 9.97. The van der Waals surface area contributed by atoms with Crippen LogP contribution >= 0.6 is 0 Å². The van der Waals surface area contributed by atoms with Gasteiger partial charge in [-0.15, -0.1) is 0 Å². The van der Waals surface area contributed by atoms with E-state index in [9.17, 15) is 4.79 Å². The number of carbonyl (C=O) groups is 1. The second-order valence-corrected chi connectivity index (χ2v) is 6.48. The van der Waals surface area contributed by atoms with E-state index in [1.807, 2.05) is 0 Å². The fourth-order valence-electron chi connectivity index (χ4n) is 4.00. The molecule has 2 atom stereocenters. The van der Waals surface area contributed by atoms with Crippen LogP contribution < -0.4 is 10.6 Å². The summed E-state index contributed by atoms with van der Waals surface area (Å²) in [5.74, 6) is 0.198. The summed E-state index contributed by atoms with van der Waals surface area (Å²) in [5, 5.41) is 6.62. The zero-order valence-corrected chi connectivity index (χ0v) is 11.9. The third kappa shape index (κ3) is 3.48. The lowest BCUT2D eigenvalue weighted by molar-refractivity contribution is -0.121. The summed E-state index contributed by atoms with van der Waals surface area (Å²) in [5.41, 5.74) is 0. The van der Waals surface area contributed by atoms with E-state index in [1.165, 1.54) is 51.6 Å². The predicted molar refractivity (Wildman–Crippen MR) is 76.0 cm³/mol. The lowest BCUT2D eigenvalue weighted by Gasteiger charge is -2.35. The van der Waals surface area contributed by atoms with Crippen LogP contribution in [0.5, 0.6) is 0 Å².